The van der Waals surface area contributed by atoms with Gasteiger partial charge in [-0.15, -0.1) is 0 Å². The smallest absolute Gasteiger partial charge is 0.248 e. The van der Waals surface area contributed by atoms with Crippen molar-refractivity contribution < 1.29 is 43.1 Å². The highest BCUT2D eigenvalue weighted by molar-refractivity contribution is 6.01. The number of hydrogen-bond acceptors (Lipinski definition) is 13. The Morgan fingerprint density at radius 1 is 0.852 bits per heavy atom. The molecule has 4 aromatic carbocycles. The molecule has 2 bridgehead atoms. The van der Waals surface area contributed by atoms with Gasteiger partial charge < -0.3 is 48.9 Å². The van der Waals surface area contributed by atoms with Crippen LogP contribution in [0, 0.1) is 0 Å². The SMILES string of the molecule is COCOc1cc2c(OCOC)c(c1OC)C/C=C/CO[C@H]1[C@@H](O)[C@H](n3cnc4c(NC(c5ccccc5)(c5ccccc5)c5ccccc5)ncnc43)O[C@@H]1/C=C/C(=O)N2. The molecule has 8 rings (SSSR count). The number of aliphatic hydroxyl groups is 1. The third-order valence-corrected chi connectivity index (χ3v) is 10.5. The Balaban J connectivity index is 1.13. The highest BCUT2D eigenvalue weighted by atomic mass is 16.7. The first-order chi connectivity index (χ1) is 30.0. The molecular formula is C46H46N6O9. The van der Waals surface area contributed by atoms with Crippen LogP contribution in [0.1, 0.15) is 28.5 Å². The predicted octanol–water partition coefficient (Wildman–Crippen LogP) is 6.16. The molecule has 4 heterocycles. The third kappa shape index (κ3) is 8.29. The number of benzene rings is 4. The molecule has 4 atom stereocenters. The van der Waals surface area contributed by atoms with E-state index in [4.69, 9.17) is 43.1 Å². The van der Waals surface area contributed by atoms with Crippen molar-refractivity contribution >= 4 is 28.6 Å². The summed E-state index contributed by atoms with van der Waals surface area (Å²) in [6.07, 6.45) is 5.99. The van der Waals surface area contributed by atoms with E-state index in [2.05, 4.69) is 52.0 Å². The third-order valence-electron chi connectivity index (χ3n) is 10.5. The number of fused-ring (bicyclic) bond motifs is 4. The van der Waals surface area contributed by atoms with Crippen LogP contribution in [0.2, 0.25) is 0 Å². The molecule has 2 aliphatic heterocycles. The molecular weight excluding hydrogens is 781 g/mol. The fourth-order valence-electron chi connectivity index (χ4n) is 7.83. The number of imidazole rings is 1. The lowest BCUT2D eigenvalue weighted by atomic mass is 9.77. The van der Waals surface area contributed by atoms with Crippen LogP contribution in [0.3, 0.4) is 0 Å². The number of nitrogens with zero attached hydrogens (tertiary/aromatic N) is 4. The van der Waals surface area contributed by atoms with E-state index in [1.165, 1.54) is 33.7 Å². The number of hydrogen-bond donors (Lipinski definition) is 3. The first kappa shape index (κ1) is 41.1. The van der Waals surface area contributed by atoms with E-state index in [9.17, 15) is 9.90 Å². The lowest BCUT2D eigenvalue weighted by Gasteiger charge is -2.37. The number of nitrogens with one attached hydrogen (secondary N) is 2. The number of methoxy groups -OCH3 is 3. The normalized spacial score (nSPS) is 20.2. The van der Waals surface area contributed by atoms with Crippen molar-refractivity contribution in [1.82, 2.24) is 19.5 Å². The Hall–Kier alpha value is -6.62. The maximum atomic E-state index is 13.6. The van der Waals surface area contributed by atoms with Gasteiger partial charge >= 0.3 is 0 Å². The molecule has 1 fully saturated rings. The minimum absolute atomic E-state index is 0.0547. The summed E-state index contributed by atoms with van der Waals surface area (Å²) in [5, 5.41) is 18.6. The van der Waals surface area contributed by atoms with Crippen LogP contribution in [-0.4, -0.2) is 90.4 Å². The Morgan fingerprint density at radius 3 is 2.15 bits per heavy atom. The molecule has 0 saturated carbocycles. The molecule has 1 saturated heterocycles. The Morgan fingerprint density at radius 2 is 1.51 bits per heavy atom. The van der Waals surface area contributed by atoms with E-state index in [-0.39, 0.29) is 20.2 Å². The van der Waals surface area contributed by atoms with Crippen molar-refractivity contribution in [2.45, 2.75) is 36.5 Å². The van der Waals surface area contributed by atoms with Crippen LogP contribution in [-0.2, 0) is 35.7 Å². The number of allylic oxidation sites excluding steroid dienone is 1. The van der Waals surface area contributed by atoms with Gasteiger partial charge in [-0.05, 0) is 29.2 Å². The summed E-state index contributed by atoms with van der Waals surface area (Å²) in [6.45, 7) is -0.0316. The highest BCUT2D eigenvalue weighted by Gasteiger charge is 2.45. The minimum Gasteiger partial charge on any atom is -0.492 e. The quantitative estimate of drug-likeness (QED) is 0.0689. The zero-order valence-corrected chi connectivity index (χ0v) is 33.8. The summed E-state index contributed by atoms with van der Waals surface area (Å²) in [6, 6.07) is 32.1. The van der Waals surface area contributed by atoms with Gasteiger partial charge in [0.05, 0.1) is 25.7 Å². The van der Waals surface area contributed by atoms with Crippen LogP contribution in [0.5, 0.6) is 17.2 Å². The van der Waals surface area contributed by atoms with Crippen molar-refractivity contribution in [3.05, 3.63) is 156 Å². The van der Waals surface area contributed by atoms with E-state index in [1.807, 2.05) is 66.7 Å². The minimum atomic E-state index is -1.19. The number of carbonyl (C=O) groups is 1. The summed E-state index contributed by atoms with van der Waals surface area (Å²) in [4.78, 5) is 27.7. The average molecular weight is 827 g/mol. The monoisotopic (exact) mass is 826 g/mol. The second kappa shape index (κ2) is 18.8. The van der Waals surface area contributed by atoms with E-state index in [0.717, 1.165) is 16.7 Å². The summed E-state index contributed by atoms with van der Waals surface area (Å²) < 4.78 is 42.3. The van der Waals surface area contributed by atoms with Gasteiger partial charge in [-0.2, -0.15) is 0 Å². The van der Waals surface area contributed by atoms with E-state index < -0.39 is 36.0 Å². The van der Waals surface area contributed by atoms with Crippen LogP contribution in [0.4, 0.5) is 11.5 Å². The van der Waals surface area contributed by atoms with Gasteiger partial charge in [0.25, 0.3) is 0 Å². The second-order valence-corrected chi connectivity index (χ2v) is 14.2. The molecule has 0 radical (unpaired) electrons. The Kier molecular flexibility index (Phi) is 12.6. The molecule has 0 aliphatic carbocycles. The fourth-order valence-corrected chi connectivity index (χ4v) is 7.83. The largest absolute Gasteiger partial charge is 0.492 e. The number of aliphatic hydroxyl groups excluding tert-OH is 1. The molecule has 0 spiro atoms. The number of ether oxygens (including phenoxy) is 7. The highest BCUT2D eigenvalue weighted by Crippen LogP contribution is 2.45. The molecule has 15 nitrogen and oxygen atoms in total. The van der Waals surface area contributed by atoms with Crippen molar-refractivity contribution in [3.8, 4) is 17.2 Å². The van der Waals surface area contributed by atoms with Crippen molar-refractivity contribution in [1.29, 1.82) is 0 Å². The first-order valence-corrected chi connectivity index (χ1v) is 19.7. The van der Waals surface area contributed by atoms with Crippen molar-refractivity contribution in [2.24, 2.45) is 0 Å². The molecule has 61 heavy (non-hydrogen) atoms. The van der Waals surface area contributed by atoms with Gasteiger partial charge in [0, 0.05) is 31.9 Å². The summed E-state index contributed by atoms with van der Waals surface area (Å²) in [7, 11) is 4.52. The number of aromatic nitrogens is 4. The average Bonchev–Trinajstić information content (AvgIpc) is 3.87. The van der Waals surface area contributed by atoms with Gasteiger partial charge in [-0.25, -0.2) is 15.0 Å². The van der Waals surface area contributed by atoms with Gasteiger partial charge in [-0.3, -0.25) is 9.36 Å². The van der Waals surface area contributed by atoms with Gasteiger partial charge in [-0.1, -0.05) is 103 Å². The summed E-state index contributed by atoms with van der Waals surface area (Å²) >= 11 is 0. The lowest BCUT2D eigenvalue weighted by Crippen LogP contribution is -2.38. The van der Waals surface area contributed by atoms with Gasteiger partial charge in [0.2, 0.25) is 5.91 Å². The predicted molar refractivity (Wildman–Crippen MR) is 226 cm³/mol. The van der Waals surface area contributed by atoms with Gasteiger partial charge in [0.1, 0.15) is 30.2 Å². The first-order valence-electron chi connectivity index (χ1n) is 19.7. The molecule has 1 amide bonds. The van der Waals surface area contributed by atoms with Crippen molar-refractivity contribution in [3.63, 3.8) is 0 Å². The number of amides is 1. The van der Waals surface area contributed by atoms with Crippen LogP contribution >= 0.6 is 0 Å². The van der Waals surface area contributed by atoms with E-state index in [1.54, 1.807) is 23.0 Å². The van der Waals surface area contributed by atoms with Crippen molar-refractivity contribution in [2.75, 3.05) is 52.2 Å². The Labute approximate surface area is 352 Å². The maximum absolute atomic E-state index is 13.6. The summed E-state index contributed by atoms with van der Waals surface area (Å²) in [5.74, 6) is 1.05. The van der Waals surface area contributed by atoms with Gasteiger partial charge in [0.15, 0.2) is 54.0 Å². The maximum Gasteiger partial charge on any atom is 0.248 e. The molecule has 6 aromatic rings. The number of anilines is 2. The van der Waals surface area contributed by atoms with Crippen LogP contribution < -0.4 is 24.8 Å². The molecule has 2 aromatic heterocycles. The zero-order valence-electron chi connectivity index (χ0n) is 33.8. The standard InChI is InChI=1S/C46H46N6O9/c1-55-28-59-36-25-34-40(60-29-56-2)33(41(36)57-3)21-13-14-24-58-42-35(22-23-37(53)50-34)61-45(39(42)54)52-27-49-38-43(47-26-48-44(38)52)51-46(30-15-7-4-8-16-30,31-17-9-5-10-18-31)32-19-11-6-12-20-32/h4-20,22-23,25-27,35,39,42,45,54H,21,24,28-29H2,1-3H3,(H,50,53)(H,47,48,51)/b14-13+,23-22+/t35-,39-,42-,45-/m1/s1. The Bertz CT molecular complexity index is 2390. The second-order valence-electron chi connectivity index (χ2n) is 14.2. The van der Waals surface area contributed by atoms with E-state index >= 15 is 0 Å². The molecule has 2 aliphatic rings. The lowest BCUT2D eigenvalue weighted by molar-refractivity contribution is -0.112. The fraction of sp³-hybridized carbons (Fsp3) is 0.261. The van der Waals surface area contributed by atoms with E-state index in [0.29, 0.717) is 51.9 Å². The van der Waals surface area contributed by atoms with Crippen LogP contribution in [0.15, 0.2) is 134 Å². The topological polar surface area (TPSA) is 170 Å². The molecule has 314 valence electrons. The molecule has 0 unspecified atom stereocenters. The van der Waals surface area contributed by atoms with Crippen LogP contribution in [0.25, 0.3) is 11.2 Å². The number of rotatable bonds is 13. The molecule has 15 heteroatoms. The number of carbonyl (C=O) groups excluding carboxylic acids is 1. The summed E-state index contributed by atoms with van der Waals surface area (Å²) in [5.41, 5.74) is 3.87. The zero-order chi connectivity index (χ0) is 42.2. The molecule has 3 N–H and O–H groups in total.